The number of hydrogen-bond acceptors (Lipinski definition) is 8. The summed E-state index contributed by atoms with van der Waals surface area (Å²) in [6.07, 6.45) is 4.71. The molecular formula is C15H11ClN6O2S. The third-order valence-electron chi connectivity index (χ3n) is 3.19. The van der Waals surface area contributed by atoms with E-state index in [9.17, 15) is 0 Å². The molecule has 4 aromatic rings. The largest absolute Gasteiger partial charge is 0.440 e. The second kappa shape index (κ2) is 7.08. The predicted octanol–water partition coefficient (Wildman–Crippen LogP) is 3.31. The first kappa shape index (κ1) is 15.9. The van der Waals surface area contributed by atoms with Crippen molar-refractivity contribution < 1.29 is 8.83 Å². The smallest absolute Gasteiger partial charge is 0.277 e. The quantitative estimate of drug-likeness (QED) is 0.474. The Balaban J connectivity index is 1.38. The Bertz CT molecular complexity index is 968. The Hall–Kier alpha value is -2.65. The van der Waals surface area contributed by atoms with Crippen molar-refractivity contribution in [2.24, 2.45) is 0 Å². The van der Waals surface area contributed by atoms with E-state index in [0.717, 1.165) is 5.56 Å². The van der Waals surface area contributed by atoms with Gasteiger partial charge >= 0.3 is 0 Å². The van der Waals surface area contributed by atoms with E-state index in [0.29, 0.717) is 40.1 Å². The first-order chi connectivity index (χ1) is 12.3. The minimum absolute atomic E-state index is 0.380. The second-order valence-corrected chi connectivity index (χ2v) is 6.34. The van der Waals surface area contributed by atoms with E-state index in [1.54, 1.807) is 17.2 Å². The third kappa shape index (κ3) is 3.89. The highest BCUT2D eigenvalue weighted by Gasteiger charge is 2.11. The van der Waals surface area contributed by atoms with Crippen LogP contribution in [0.5, 0.6) is 0 Å². The van der Waals surface area contributed by atoms with Gasteiger partial charge in [-0.3, -0.25) is 0 Å². The van der Waals surface area contributed by atoms with Gasteiger partial charge in [0.1, 0.15) is 19.2 Å². The van der Waals surface area contributed by atoms with Crippen molar-refractivity contribution in [3.05, 3.63) is 59.9 Å². The van der Waals surface area contributed by atoms with E-state index in [-0.39, 0.29) is 0 Å². The maximum Gasteiger partial charge on any atom is 0.277 e. The second-order valence-electron chi connectivity index (χ2n) is 4.97. The van der Waals surface area contributed by atoms with Crippen LogP contribution in [0.1, 0.15) is 11.8 Å². The molecule has 0 N–H and O–H groups in total. The highest BCUT2D eigenvalue weighted by atomic mass is 35.5. The molecule has 3 heterocycles. The van der Waals surface area contributed by atoms with Crippen molar-refractivity contribution in [3.63, 3.8) is 0 Å². The summed E-state index contributed by atoms with van der Waals surface area (Å²) in [6, 6.07) is 7.42. The zero-order chi connectivity index (χ0) is 17.1. The van der Waals surface area contributed by atoms with Crippen molar-refractivity contribution in [2.75, 3.05) is 0 Å². The fourth-order valence-corrected chi connectivity index (χ4v) is 2.91. The van der Waals surface area contributed by atoms with E-state index in [4.69, 9.17) is 20.4 Å². The van der Waals surface area contributed by atoms with Gasteiger partial charge in [0, 0.05) is 10.6 Å². The third-order valence-corrected chi connectivity index (χ3v) is 4.23. The van der Waals surface area contributed by atoms with Crippen LogP contribution in [0.15, 0.2) is 57.2 Å². The molecule has 0 radical (unpaired) electrons. The lowest BCUT2D eigenvalue weighted by atomic mass is 10.2. The molecule has 126 valence electrons. The molecule has 0 saturated heterocycles. The van der Waals surface area contributed by atoms with Gasteiger partial charge in [-0.15, -0.1) is 10.2 Å². The number of hydrogen-bond donors (Lipinski definition) is 0. The summed E-state index contributed by atoms with van der Waals surface area (Å²) in [5, 5.41) is 13.0. The molecule has 0 aliphatic rings. The van der Waals surface area contributed by atoms with Crippen LogP contribution in [-0.2, 0) is 12.3 Å². The van der Waals surface area contributed by atoms with Crippen LogP contribution < -0.4 is 0 Å². The van der Waals surface area contributed by atoms with Crippen LogP contribution in [0.2, 0.25) is 5.02 Å². The molecule has 1 aromatic carbocycles. The van der Waals surface area contributed by atoms with Gasteiger partial charge in [-0.05, 0) is 12.1 Å². The average Bonchev–Trinajstić information content (AvgIpc) is 3.36. The number of oxazole rings is 1. The summed E-state index contributed by atoms with van der Waals surface area (Å²) < 4.78 is 12.9. The van der Waals surface area contributed by atoms with Gasteiger partial charge in [-0.25, -0.2) is 14.6 Å². The molecular weight excluding hydrogens is 364 g/mol. The molecule has 25 heavy (non-hydrogen) atoms. The molecule has 0 amide bonds. The summed E-state index contributed by atoms with van der Waals surface area (Å²) in [5.41, 5.74) is 0.879. The molecule has 3 aromatic heterocycles. The Morgan fingerprint density at radius 1 is 1.16 bits per heavy atom. The summed E-state index contributed by atoms with van der Waals surface area (Å²) in [5.74, 6) is 2.16. The molecule has 0 fully saturated rings. The molecule has 8 nitrogen and oxygen atoms in total. The highest BCUT2D eigenvalue weighted by Crippen LogP contribution is 2.26. The van der Waals surface area contributed by atoms with Crippen LogP contribution in [0, 0.1) is 0 Å². The minimum Gasteiger partial charge on any atom is -0.440 e. The van der Waals surface area contributed by atoms with E-state index in [1.807, 2.05) is 24.3 Å². The zero-order valence-corrected chi connectivity index (χ0v) is 14.3. The minimum atomic E-state index is 0.380. The van der Waals surface area contributed by atoms with Gasteiger partial charge in [0.05, 0.1) is 11.9 Å². The number of benzene rings is 1. The summed E-state index contributed by atoms with van der Waals surface area (Å²) in [6.45, 7) is 0.380. The molecule has 0 aliphatic carbocycles. The zero-order valence-electron chi connectivity index (χ0n) is 12.7. The summed E-state index contributed by atoms with van der Waals surface area (Å²) in [4.78, 5) is 8.12. The maximum atomic E-state index is 5.99. The average molecular weight is 375 g/mol. The normalized spacial score (nSPS) is 11.1. The van der Waals surface area contributed by atoms with Gasteiger partial charge in [-0.2, -0.15) is 5.10 Å². The topological polar surface area (TPSA) is 95.7 Å². The lowest BCUT2D eigenvalue weighted by Crippen LogP contribution is -1.99. The first-order valence-electron chi connectivity index (χ1n) is 7.24. The van der Waals surface area contributed by atoms with Crippen LogP contribution in [0.25, 0.3) is 11.3 Å². The van der Waals surface area contributed by atoms with Crippen LogP contribution in [-0.4, -0.2) is 29.9 Å². The number of aromatic nitrogens is 6. The Labute approximate surface area is 151 Å². The van der Waals surface area contributed by atoms with Crippen molar-refractivity contribution >= 4 is 23.4 Å². The molecule has 0 unspecified atom stereocenters. The van der Waals surface area contributed by atoms with Gasteiger partial charge in [0.25, 0.3) is 5.22 Å². The van der Waals surface area contributed by atoms with E-state index in [2.05, 4.69) is 25.3 Å². The Morgan fingerprint density at radius 3 is 2.96 bits per heavy atom. The maximum absolute atomic E-state index is 5.99. The number of nitrogens with zero attached hydrogens (tertiary/aromatic N) is 6. The van der Waals surface area contributed by atoms with Crippen LogP contribution in [0.3, 0.4) is 0 Å². The Kier molecular flexibility index (Phi) is 4.49. The summed E-state index contributed by atoms with van der Waals surface area (Å²) >= 11 is 7.34. The monoisotopic (exact) mass is 374 g/mol. The SMILES string of the molecule is Clc1cccc(-c2cnc(CSc3nnc(Cn4cncn4)o3)o2)c1. The molecule has 4 rings (SSSR count). The van der Waals surface area contributed by atoms with Crippen LogP contribution in [0.4, 0.5) is 0 Å². The van der Waals surface area contributed by atoms with Crippen LogP contribution >= 0.6 is 23.4 Å². The molecule has 0 saturated carbocycles. The van der Waals surface area contributed by atoms with Gasteiger partial charge < -0.3 is 8.83 Å². The van der Waals surface area contributed by atoms with Crippen molar-refractivity contribution in [1.29, 1.82) is 0 Å². The first-order valence-corrected chi connectivity index (χ1v) is 8.61. The predicted molar refractivity (Wildman–Crippen MR) is 89.9 cm³/mol. The van der Waals surface area contributed by atoms with Crippen molar-refractivity contribution in [2.45, 2.75) is 17.5 Å². The lowest BCUT2D eigenvalue weighted by Gasteiger charge is -1.96. The molecule has 10 heteroatoms. The number of rotatable bonds is 6. The number of halogens is 1. The van der Waals surface area contributed by atoms with Gasteiger partial charge in [0.2, 0.25) is 11.8 Å². The number of thioether (sulfide) groups is 1. The molecule has 0 atom stereocenters. The van der Waals surface area contributed by atoms with E-state index in [1.165, 1.54) is 18.1 Å². The molecule has 0 spiro atoms. The molecule has 0 bridgehead atoms. The van der Waals surface area contributed by atoms with Gasteiger partial charge in [-0.1, -0.05) is 35.5 Å². The molecule has 0 aliphatic heterocycles. The van der Waals surface area contributed by atoms with Gasteiger partial charge in [0.15, 0.2) is 5.76 Å². The van der Waals surface area contributed by atoms with Crippen molar-refractivity contribution in [3.8, 4) is 11.3 Å². The fourth-order valence-electron chi connectivity index (χ4n) is 2.09. The van der Waals surface area contributed by atoms with Crippen molar-refractivity contribution in [1.82, 2.24) is 29.9 Å². The lowest BCUT2D eigenvalue weighted by molar-refractivity contribution is 0.397. The van der Waals surface area contributed by atoms with E-state index >= 15 is 0 Å². The Morgan fingerprint density at radius 2 is 2.12 bits per heavy atom. The summed E-state index contributed by atoms with van der Waals surface area (Å²) in [7, 11) is 0. The standard InChI is InChI=1S/C15H11ClN6O2S/c16-11-3-1-2-10(4-11)12-5-18-14(23-12)7-25-15-21-20-13(24-15)6-22-9-17-8-19-22/h1-5,8-9H,6-7H2. The fraction of sp³-hybridized carbons (Fsp3) is 0.133. The highest BCUT2D eigenvalue weighted by molar-refractivity contribution is 7.98. The van der Waals surface area contributed by atoms with E-state index < -0.39 is 0 Å².